The van der Waals surface area contributed by atoms with Gasteiger partial charge in [-0.2, -0.15) is 11.8 Å². The van der Waals surface area contributed by atoms with E-state index in [0.29, 0.717) is 5.56 Å². The molecular weight excluding hydrogens is 372 g/mol. The van der Waals surface area contributed by atoms with Crippen molar-refractivity contribution in [3.8, 4) is 0 Å². The summed E-state index contributed by atoms with van der Waals surface area (Å²) >= 11 is 1.73. The van der Waals surface area contributed by atoms with E-state index in [2.05, 4.69) is 20.6 Å². The van der Waals surface area contributed by atoms with Gasteiger partial charge in [-0.3, -0.25) is 9.59 Å². The Morgan fingerprint density at radius 3 is 2.82 bits per heavy atom. The number of nitrogens with one attached hydrogen (secondary N) is 3. The average Bonchev–Trinajstić information content (AvgIpc) is 3.27. The van der Waals surface area contributed by atoms with Gasteiger partial charge in [-0.15, -0.1) is 0 Å². The van der Waals surface area contributed by atoms with Gasteiger partial charge in [-0.25, -0.2) is 4.98 Å². The predicted octanol–water partition coefficient (Wildman–Crippen LogP) is 3.35. The molecule has 28 heavy (non-hydrogen) atoms. The number of amides is 2. The molecule has 0 spiro atoms. The molecule has 1 aliphatic rings. The molecule has 0 saturated carbocycles. The lowest BCUT2D eigenvalue weighted by atomic mass is 10.0. The first kappa shape index (κ1) is 18.6. The third-order valence-electron chi connectivity index (χ3n) is 4.96. The van der Waals surface area contributed by atoms with Crippen molar-refractivity contribution in [3.63, 3.8) is 0 Å². The number of hydrogen-bond acceptors (Lipinski definition) is 4. The molecule has 3 aromatic rings. The van der Waals surface area contributed by atoms with Crippen LogP contribution >= 0.6 is 11.8 Å². The van der Waals surface area contributed by atoms with Crippen molar-refractivity contribution in [1.29, 1.82) is 0 Å². The maximum absolute atomic E-state index is 12.8. The van der Waals surface area contributed by atoms with E-state index in [1.165, 1.54) is 0 Å². The molecule has 7 heteroatoms. The highest BCUT2D eigenvalue weighted by Gasteiger charge is 2.30. The molecule has 3 N–H and O–H groups in total. The Hall–Kier alpha value is -2.80. The van der Waals surface area contributed by atoms with Crippen LogP contribution in [0.3, 0.4) is 0 Å². The number of hydrogen-bond donors (Lipinski definition) is 3. The first-order chi connectivity index (χ1) is 13.7. The molecule has 4 rings (SSSR count). The number of para-hydroxylation sites is 2. The van der Waals surface area contributed by atoms with Gasteiger partial charge in [0.05, 0.1) is 29.5 Å². The molecule has 144 valence electrons. The molecule has 0 fully saturated rings. The summed E-state index contributed by atoms with van der Waals surface area (Å²) in [7, 11) is 0. The van der Waals surface area contributed by atoms with Crippen LogP contribution < -0.4 is 10.6 Å². The lowest BCUT2D eigenvalue weighted by molar-refractivity contribution is -0.122. The second kappa shape index (κ2) is 8.06. The van der Waals surface area contributed by atoms with Crippen molar-refractivity contribution in [3.05, 3.63) is 65.5 Å². The summed E-state index contributed by atoms with van der Waals surface area (Å²) < 4.78 is 0. The van der Waals surface area contributed by atoms with Crippen molar-refractivity contribution in [1.82, 2.24) is 20.6 Å². The number of nitrogens with zero attached hydrogens (tertiary/aromatic N) is 1. The Labute approximate surface area is 167 Å². The fourth-order valence-electron chi connectivity index (χ4n) is 3.57. The lowest BCUT2D eigenvalue weighted by Gasteiger charge is -2.18. The number of benzene rings is 2. The molecular formula is C21H22N4O2S. The fourth-order valence-corrected chi connectivity index (χ4v) is 4.04. The molecule has 1 aliphatic heterocycles. The average molecular weight is 395 g/mol. The van der Waals surface area contributed by atoms with E-state index in [-0.39, 0.29) is 30.3 Å². The Morgan fingerprint density at radius 2 is 2.00 bits per heavy atom. The predicted molar refractivity (Wildman–Crippen MR) is 111 cm³/mol. The first-order valence-corrected chi connectivity index (χ1v) is 10.7. The topological polar surface area (TPSA) is 86.9 Å². The Bertz CT molecular complexity index is 983. The second-order valence-corrected chi connectivity index (χ2v) is 7.84. The monoisotopic (exact) mass is 394 g/mol. The number of carbonyl (C=O) groups excluding carboxylic acids is 2. The van der Waals surface area contributed by atoms with Crippen LogP contribution in [0.5, 0.6) is 0 Å². The van der Waals surface area contributed by atoms with Gasteiger partial charge in [-0.05, 0) is 42.2 Å². The zero-order valence-corrected chi connectivity index (χ0v) is 16.4. The summed E-state index contributed by atoms with van der Waals surface area (Å²) in [5.41, 5.74) is 3.37. The van der Waals surface area contributed by atoms with Gasteiger partial charge in [-0.1, -0.05) is 30.3 Å². The Morgan fingerprint density at radius 1 is 1.21 bits per heavy atom. The SMILES string of the molecule is CSCC[C@H](NC(=O)C[C@H]1NC(=O)c2ccccc21)c1nc2ccccc2[nH]1. The normalized spacial score (nSPS) is 16.6. The summed E-state index contributed by atoms with van der Waals surface area (Å²) in [6, 6.07) is 14.8. The van der Waals surface area contributed by atoms with E-state index < -0.39 is 0 Å². The van der Waals surface area contributed by atoms with Crippen LogP contribution in [0, 0.1) is 0 Å². The molecule has 0 aliphatic carbocycles. The number of fused-ring (bicyclic) bond motifs is 2. The third kappa shape index (κ3) is 3.75. The van der Waals surface area contributed by atoms with Gasteiger partial charge in [0, 0.05) is 5.56 Å². The van der Waals surface area contributed by atoms with Crippen LogP contribution in [-0.2, 0) is 4.79 Å². The molecule has 0 bridgehead atoms. The summed E-state index contributed by atoms with van der Waals surface area (Å²) in [4.78, 5) is 32.8. The largest absolute Gasteiger partial charge is 0.346 e. The summed E-state index contributed by atoms with van der Waals surface area (Å²) in [6.07, 6.45) is 3.03. The molecule has 0 unspecified atom stereocenters. The number of rotatable bonds is 7. The summed E-state index contributed by atoms with van der Waals surface area (Å²) in [6.45, 7) is 0. The van der Waals surface area contributed by atoms with Crippen LogP contribution in [0.1, 0.15) is 46.7 Å². The van der Waals surface area contributed by atoms with Crippen molar-refractivity contribution < 1.29 is 9.59 Å². The molecule has 2 atom stereocenters. The molecule has 0 radical (unpaired) electrons. The number of imidazole rings is 1. The van der Waals surface area contributed by atoms with Gasteiger partial charge in [0.2, 0.25) is 5.91 Å². The van der Waals surface area contributed by atoms with E-state index in [4.69, 9.17) is 0 Å². The highest BCUT2D eigenvalue weighted by Crippen LogP contribution is 2.28. The summed E-state index contributed by atoms with van der Waals surface area (Å²) in [5.74, 6) is 1.45. The minimum Gasteiger partial charge on any atom is -0.346 e. The lowest BCUT2D eigenvalue weighted by Crippen LogP contribution is -2.32. The van der Waals surface area contributed by atoms with E-state index in [1.54, 1.807) is 17.8 Å². The standard InChI is InChI=1S/C21H22N4O2S/c1-28-11-10-17(20-23-15-8-4-5-9-16(15)24-20)22-19(26)12-18-13-6-2-3-7-14(13)21(27)25-18/h2-9,17-18H,10-12H2,1H3,(H,22,26)(H,23,24)(H,25,27)/t17-,18+/m0/s1. The molecule has 0 saturated heterocycles. The van der Waals surface area contributed by atoms with Crippen LogP contribution in [0.15, 0.2) is 48.5 Å². The Balaban J connectivity index is 1.49. The number of H-pyrrole nitrogens is 1. The molecule has 1 aromatic heterocycles. The first-order valence-electron chi connectivity index (χ1n) is 9.28. The van der Waals surface area contributed by atoms with Crippen molar-refractivity contribution >= 4 is 34.6 Å². The van der Waals surface area contributed by atoms with E-state index >= 15 is 0 Å². The molecule has 2 aromatic carbocycles. The maximum atomic E-state index is 12.8. The van der Waals surface area contributed by atoms with Crippen LogP contribution in [-0.4, -0.2) is 33.8 Å². The quantitative estimate of drug-likeness (QED) is 0.574. The van der Waals surface area contributed by atoms with Crippen molar-refractivity contribution in [2.45, 2.75) is 24.9 Å². The third-order valence-corrected chi connectivity index (χ3v) is 5.60. The van der Waals surface area contributed by atoms with Gasteiger partial charge >= 0.3 is 0 Å². The van der Waals surface area contributed by atoms with E-state index in [1.807, 2.05) is 48.7 Å². The number of carbonyl (C=O) groups is 2. The van der Waals surface area contributed by atoms with E-state index in [0.717, 1.165) is 34.6 Å². The zero-order valence-electron chi connectivity index (χ0n) is 15.6. The van der Waals surface area contributed by atoms with Gasteiger partial charge < -0.3 is 15.6 Å². The van der Waals surface area contributed by atoms with E-state index in [9.17, 15) is 9.59 Å². The minimum absolute atomic E-state index is 0.103. The summed E-state index contributed by atoms with van der Waals surface area (Å²) in [5, 5.41) is 6.00. The highest BCUT2D eigenvalue weighted by molar-refractivity contribution is 7.98. The fraction of sp³-hybridized carbons (Fsp3) is 0.286. The number of thioether (sulfide) groups is 1. The van der Waals surface area contributed by atoms with Gasteiger partial charge in [0.25, 0.3) is 5.91 Å². The van der Waals surface area contributed by atoms with Crippen LogP contribution in [0.25, 0.3) is 11.0 Å². The zero-order chi connectivity index (χ0) is 19.5. The Kier molecular flexibility index (Phi) is 5.34. The second-order valence-electron chi connectivity index (χ2n) is 6.86. The number of aromatic nitrogens is 2. The highest BCUT2D eigenvalue weighted by atomic mass is 32.2. The van der Waals surface area contributed by atoms with Gasteiger partial charge in [0.15, 0.2) is 0 Å². The van der Waals surface area contributed by atoms with Crippen molar-refractivity contribution in [2.24, 2.45) is 0 Å². The van der Waals surface area contributed by atoms with Crippen LogP contribution in [0.2, 0.25) is 0 Å². The number of aromatic amines is 1. The minimum atomic E-state index is -0.291. The maximum Gasteiger partial charge on any atom is 0.252 e. The van der Waals surface area contributed by atoms with Crippen molar-refractivity contribution in [2.75, 3.05) is 12.0 Å². The van der Waals surface area contributed by atoms with Gasteiger partial charge in [0.1, 0.15) is 5.82 Å². The van der Waals surface area contributed by atoms with Crippen LogP contribution in [0.4, 0.5) is 0 Å². The molecule has 2 heterocycles. The molecule has 2 amide bonds. The molecule has 6 nitrogen and oxygen atoms in total. The smallest absolute Gasteiger partial charge is 0.252 e.